The normalized spacial score (nSPS) is 31.6. The van der Waals surface area contributed by atoms with Gasteiger partial charge in [0.15, 0.2) is 0 Å². The molecule has 2 unspecified atom stereocenters. The van der Waals surface area contributed by atoms with Gasteiger partial charge in [0.25, 0.3) is 0 Å². The van der Waals surface area contributed by atoms with Crippen molar-refractivity contribution in [2.75, 3.05) is 20.2 Å². The number of benzene rings is 1. The van der Waals surface area contributed by atoms with Crippen LogP contribution in [0, 0.1) is 5.41 Å². The van der Waals surface area contributed by atoms with Crippen molar-refractivity contribution >= 4 is 0 Å². The summed E-state index contributed by atoms with van der Waals surface area (Å²) in [5.41, 5.74) is 3.14. The molecule has 3 heteroatoms. The van der Waals surface area contributed by atoms with Crippen molar-refractivity contribution in [3.05, 3.63) is 29.3 Å². The van der Waals surface area contributed by atoms with Crippen molar-refractivity contribution in [3.63, 3.8) is 0 Å². The second-order valence-corrected chi connectivity index (χ2v) is 7.91. The van der Waals surface area contributed by atoms with Crippen LogP contribution in [0.1, 0.15) is 45.2 Å². The number of hydrogen-bond donors (Lipinski definition) is 1. The number of nitrogens with zero attached hydrogens (tertiary/aromatic N) is 1. The maximum absolute atomic E-state index is 9.88. The lowest BCUT2D eigenvalue weighted by Crippen LogP contribution is -2.64. The van der Waals surface area contributed by atoms with Crippen LogP contribution in [-0.2, 0) is 16.6 Å². The van der Waals surface area contributed by atoms with Gasteiger partial charge in [-0.15, -0.1) is 0 Å². The Morgan fingerprint density at radius 2 is 2.09 bits per heavy atom. The van der Waals surface area contributed by atoms with Crippen molar-refractivity contribution in [1.29, 1.82) is 0 Å². The number of hydrogen-bond acceptors (Lipinski definition) is 3. The van der Waals surface area contributed by atoms with Crippen LogP contribution in [-0.4, -0.2) is 42.4 Å². The average Bonchev–Trinajstić information content (AvgIpc) is 2.45. The fraction of sp³-hybridized carbons (Fsp3) is 0.684. The monoisotopic (exact) mass is 303 g/mol. The first-order valence-corrected chi connectivity index (χ1v) is 8.39. The van der Waals surface area contributed by atoms with Crippen molar-refractivity contribution in [1.82, 2.24) is 4.90 Å². The molecule has 1 N–H and O–H groups in total. The Morgan fingerprint density at radius 3 is 2.77 bits per heavy atom. The number of piperidine rings is 1. The molecule has 3 nitrogen and oxygen atoms in total. The molecule has 1 fully saturated rings. The van der Waals surface area contributed by atoms with E-state index in [0.29, 0.717) is 11.8 Å². The first-order valence-electron chi connectivity index (χ1n) is 8.39. The number of phenolic OH excluding ortho intramolecular Hbond substituents is 1. The molecule has 22 heavy (non-hydrogen) atoms. The maximum atomic E-state index is 9.88. The summed E-state index contributed by atoms with van der Waals surface area (Å²) >= 11 is 0. The van der Waals surface area contributed by atoms with Gasteiger partial charge in [0.1, 0.15) is 5.75 Å². The SMILES string of the molecule is CO[C@@H](C)CN1CCC2(C)c3ccc(O)cc3CC1C2(C)C. The van der Waals surface area contributed by atoms with Gasteiger partial charge in [0.05, 0.1) is 6.10 Å². The lowest BCUT2D eigenvalue weighted by molar-refractivity contribution is -0.0568. The van der Waals surface area contributed by atoms with Crippen LogP contribution in [0.2, 0.25) is 0 Å². The van der Waals surface area contributed by atoms with Crippen LogP contribution in [0.25, 0.3) is 0 Å². The van der Waals surface area contributed by atoms with E-state index in [1.54, 1.807) is 7.11 Å². The number of fused-ring (bicyclic) bond motifs is 4. The number of phenols is 1. The summed E-state index contributed by atoms with van der Waals surface area (Å²) in [5.74, 6) is 0.386. The molecule has 2 aliphatic rings. The molecule has 2 bridgehead atoms. The van der Waals surface area contributed by atoms with Crippen LogP contribution >= 0.6 is 0 Å². The number of methoxy groups -OCH3 is 1. The molecule has 1 heterocycles. The highest BCUT2D eigenvalue weighted by Crippen LogP contribution is 2.56. The molecule has 3 rings (SSSR count). The highest BCUT2D eigenvalue weighted by Gasteiger charge is 2.55. The molecule has 122 valence electrons. The summed E-state index contributed by atoms with van der Waals surface area (Å²) in [5, 5.41) is 9.88. The average molecular weight is 303 g/mol. The van der Waals surface area contributed by atoms with Crippen LogP contribution < -0.4 is 0 Å². The Bertz CT molecular complexity index is 569. The first-order chi connectivity index (χ1) is 10.3. The van der Waals surface area contributed by atoms with Gasteiger partial charge in [-0.25, -0.2) is 0 Å². The van der Waals surface area contributed by atoms with E-state index in [1.807, 2.05) is 12.1 Å². The number of ether oxygens (including phenoxy) is 1. The Kier molecular flexibility index (Phi) is 3.77. The van der Waals surface area contributed by atoms with Gasteiger partial charge in [-0.2, -0.15) is 0 Å². The van der Waals surface area contributed by atoms with Crippen LogP contribution in [0.3, 0.4) is 0 Å². The molecule has 0 amide bonds. The third kappa shape index (κ3) is 2.17. The molecule has 0 spiro atoms. The second kappa shape index (κ2) is 5.24. The zero-order valence-electron chi connectivity index (χ0n) is 14.5. The summed E-state index contributed by atoms with van der Waals surface area (Å²) in [6.45, 7) is 11.5. The zero-order chi connectivity index (χ0) is 16.1. The summed E-state index contributed by atoms with van der Waals surface area (Å²) in [6, 6.07) is 6.47. The minimum atomic E-state index is 0.172. The lowest BCUT2D eigenvalue weighted by Gasteiger charge is -2.61. The predicted octanol–water partition coefficient (Wildman–Crippen LogP) is 3.34. The summed E-state index contributed by atoms with van der Waals surface area (Å²) in [4.78, 5) is 2.60. The molecule has 1 aliphatic carbocycles. The van der Waals surface area contributed by atoms with E-state index in [4.69, 9.17) is 4.74 Å². The number of likely N-dealkylation sites (tertiary alicyclic amines) is 1. The minimum Gasteiger partial charge on any atom is -0.508 e. The molecule has 1 aromatic rings. The van der Waals surface area contributed by atoms with Crippen LogP contribution in [0.4, 0.5) is 0 Å². The van der Waals surface area contributed by atoms with Crippen molar-refractivity contribution < 1.29 is 9.84 Å². The van der Waals surface area contributed by atoms with E-state index < -0.39 is 0 Å². The van der Waals surface area contributed by atoms with E-state index in [0.717, 1.165) is 25.9 Å². The van der Waals surface area contributed by atoms with Gasteiger partial charge in [0.2, 0.25) is 0 Å². The Morgan fingerprint density at radius 1 is 1.36 bits per heavy atom. The third-order valence-electron chi connectivity index (χ3n) is 6.59. The summed E-state index contributed by atoms with van der Waals surface area (Å²) in [6.07, 6.45) is 2.43. The molecule has 1 saturated heterocycles. The quantitative estimate of drug-likeness (QED) is 0.929. The lowest BCUT2D eigenvalue weighted by atomic mass is 9.51. The highest BCUT2D eigenvalue weighted by atomic mass is 16.5. The highest BCUT2D eigenvalue weighted by molar-refractivity contribution is 5.45. The first kappa shape index (κ1) is 15.8. The molecular weight excluding hydrogens is 274 g/mol. The second-order valence-electron chi connectivity index (χ2n) is 7.91. The smallest absolute Gasteiger partial charge is 0.115 e. The zero-order valence-corrected chi connectivity index (χ0v) is 14.5. The van der Waals surface area contributed by atoms with Gasteiger partial charge in [-0.05, 0) is 55.0 Å². The number of rotatable bonds is 3. The summed E-state index contributed by atoms with van der Waals surface area (Å²) < 4.78 is 5.49. The van der Waals surface area contributed by atoms with Crippen molar-refractivity contribution in [3.8, 4) is 5.75 Å². The molecule has 1 aliphatic heterocycles. The fourth-order valence-corrected chi connectivity index (χ4v) is 4.65. The van der Waals surface area contributed by atoms with Crippen LogP contribution in [0.15, 0.2) is 18.2 Å². The Hall–Kier alpha value is -1.06. The van der Waals surface area contributed by atoms with Gasteiger partial charge in [-0.3, -0.25) is 4.90 Å². The number of aromatic hydroxyl groups is 1. The molecule has 1 aromatic carbocycles. The van der Waals surface area contributed by atoms with Gasteiger partial charge >= 0.3 is 0 Å². The van der Waals surface area contributed by atoms with E-state index in [-0.39, 0.29) is 16.9 Å². The maximum Gasteiger partial charge on any atom is 0.115 e. The fourth-order valence-electron chi connectivity index (χ4n) is 4.65. The Labute approximate surface area is 134 Å². The standard InChI is InChI=1S/C19H29NO2/c1-13(22-5)12-20-9-8-19(4)16-7-6-15(21)10-14(16)11-17(20)18(19,2)3/h6-7,10,13,17,21H,8-9,11-12H2,1-5H3/t13-,17?,19?/m0/s1. The van der Waals surface area contributed by atoms with Gasteiger partial charge in [-0.1, -0.05) is 26.8 Å². The van der Waals surface area contributed by atoms with Crippen molar-refractivity contribution in [2.24, 2.45) is 5.41 Å². The predicted molar refractivity (Wildman–Crippen MR) is 89.4 cm³/mol. The van der Waals surface area contributed by atoms with Gasteiger partial charge in [0, 0.05) is 25.1 Å². The topological polar surface area (TPSA) is 32.7 Å². The molecule has 3 atom stereocenters. The van der Waals surface area contributed by atoms with Crippen molar-refractivity contribution in [2.45, 2.75) is 58.1 Å². The third-order valence-corrected chi connectivity index (χ3v) is 6.59. The van der Waals surface area contributed by atoms with Crippen LogP contribution in [0.5, 0.6) is 5.75 Å². The van der Waals surface area contributed by atoms with E-state index in [1.165, 1.54) is 11.1 Å². The molecule has 0 aromatic heterocycles. The minimum absolute atomic E-state index is 0.172. The van der Waals surface area contributed by atoms with E-state index in [9.17, 15) is 5.11 Å². The molecular formula is C19H29NO2. The summed E-state index contributed by atoms with van der Waals surface area (Å²) in [7, 11) is 1.79. The van der Waals surface area contributed by atoms with Gasteiger partial charge < -0.3 is 9.84 Å². The Balaban J connectivity index is 2.02. The molecule has 0 radical (unpaired) electrons. The molecule has 0 saturated carbocycles. The largest absolute Gasteiger partial charge is 0.508 e. The van der Waals surface area contributed by atoms with E-state index in [2.05, 4.69) is 38.7 Å². The van der Waals surface area contributed by atoms with E-state index >= 15 is 0 Å².